The van der Waals surface area contributed by atoms with Gasteiger partial charge in [-0.3, -0.25) is 4.79 Å². The van der Waals surface area contributed by atoms with E-state index in [4.69, 9.17) is 9.47 Å². The van der Waals surface area contributed by atoms with Crippen LogP contribution >= 0.6 is 0 Å². The molecule has 9 heteroatoms. The SMILES string of the molecule is CCOC(=O)c1ccc(NC(=O)[C@@H]2CCCN(S(=O)(=O)c3cc(C(C)C)ccc3OC)C2)cc1. The van der Waals surface area contributed by atoms with Crippen LogP contribution in [0, 0.1) is 5.92 Å². The summed E-state index contributed by atoms with van der Waals surface area (Å²) in [6, 6.07) is 11.6. The molecular weight excluding hydrogens is 456 g/mol. The topological polar surface area (TPSA) is 102 Å². The highest BCUT2D eigenvalue weighted by molar-refractivity contribution is 7.89. The molecule has 0 radical (unpaired) electrons. The highest BCUT2D eigenvalue weighted by atomic mass is 32.2. The molecule has 2 aromatic carbocycles. The van der Waals surface area contributed by atoms with Crippen molar-refractivity contribution in [2.24, 2.45) is 5.92 Å². The quantitative estimate of drug-likeness (QED) is 0.563. The number of nitrogens with one attached hydrogen (secondary N) is 1. The van der Waals surface area contributed by atoms with Crippen LogP contribution in [0.5, 0.6) is 5.75 Å². The molecule has 3 rings (SSSR count). The summed E-state index contributed by atoms with van der Waals surface area (Å²) in [5.41, 5.74) is 1.83. The van der Waals surface area contributed by atoms with E-state index in [1.165, 1.54) is 11.4 Å². The van der Waals surface area contributed by atoms with E-state index in [9.17, 15) is 18.0 Å². The van der Waals surface area contributed by atoms with Crippen molar-refractivity contribution in [1.82, 2.24) is 4.31 Å². The maximum Gasteiger partial charge on any atom is 0.338 e. The average Bonchev–Trinajstić information content (AvgIpc) is 2.84. The van der Waals surface area contributed by atoms with E-state index in [-0.39, 0.29) is 35.6 Å². The number of hydrogen-bond donors (Lipinski definition) is 1. The van der Waals surface area contributed by atoms with Crippen molar-refractivity contribution in [2.45, 2.75) is 44.4 Å². The molecule has 1 N–H and O–H groups in total. The van der Waals surface area contributed by atoms with Crippen molar-refractivity contribution in [3.05, 3.63) is 53.6 Å². The summed E-state index contributed by atoms with van der Waals surface area (Å²) in [5.74, 6) is -0.725. The van der Waals surface area contributed by atoms with E-state index in [2.05, 4.69) is 5.32 Å². The van der Waals surface area contributed by atoms with E-state index in [1.54, 1.807) is 43.3 Å². The summed E-state index contributed by atoms with van der Waals surface area (Å²) < 4.78 is 38.7. The normalized spacial score (nSPS) is 16.8. The van der Waals surface area contributed by atoms with Gasteiger partial charge in [0, 0.05) is 18.8 Å². The van der Waals surface area contributed by atoms with Crippen molar-refractivity contribution in [3.63, 3.8) is 0 Å². The summed E-state index contributed by atoms with van der Waals surface area (Å²) in [4.78, 5) is 24.8. The van der Waals surface area contributed by atoms with Crippen LogP contribution in [0.15, 0.2) is 47.4 Å². The van der Waals surface area contributed by atoms with Crippen LogP contribution in [0.2, 0.25) is 0 Å². The van der Waals surface area contributed by atoms with E-state index in [0.29, 0.717) is 30.6 Å². The standard InChI is InChI=1S/C25H32N2O6S/c1-5-33-25(29)18-8-11-21(12-9-18)26-24(28)20-7-6-14-27(16-20)34(30,31)23-15-19(17(2)3)10-13-22(23)32-4/h8-13,15,17,20H,5-7,14,16H2,1-4H3,(H,26,28)/t20-/m1/s1. The van der Waals surface area contributed by atoms with Crippen LogP contribution in [0.1, 0.15) is 55.5 Å². The Morgan fingerprint density at radius 2 is 1.85 bits per heavy atom. The predicted molar refractivity (Wildman–Crippen MR) is 130 cm³/mol. The number of methoxy groups -OCH3 is 1. The lowest BCUT2D eigenvalue weighted by Gasteiger charge is -2.31. The molecule has 0 saturated carbocycles. The third-order valence-corrected chi connectivity index (χ3v) is 7.78. The third-order valence-electron chi connectivity index (χ3n) is 5.89. The smallest absolute Gasteiger partial charge is 0.338 e. The van der Waals surface area contributed by atoms with Gasteiger partial charge in [0.1, 0.15) is 10.6 Å². The number of hydrogen-bond acceptors (Lipinski definition) is 6. The minimum atomic E-state index is -3.84. The van der Waals surface area contributed by atoms with Gasteiger partial charge in [0.05, 0.1) is 25.2 Å². The van der Waals surface area contributed by atoms with E-state index < -0.39 is 21.9 Å². The molecule has 184 valence electrons. The first-order valence-corrected chi connectivity index (χ1v) is 12.9. The minimum Gasteiger partial charge on any atom is -0.495 e. The molecule has 34 heavy (non-hydrogen) atoms. The summed E-state index contributed by atoms with van der Waals surface area (Å²) in [6.07, 6.45) is 1.16. The zero-order valence-corrected chi connectivity index (χ0v) is 20.9. The van der Waals surface area contributed by atoms with Gasteiger partial charge >= 0.3 is 5.97 Å². The Hall–Kier alpha value is -2.91. The zero-order chi connectivity index (χ0) is 24.9. The molecule has 1 fully saturated rings. The molecule has 1 saturated heterocycles. The largest absolute Gasteiger partial charge is 0.495 e. The molecule has 0 unspecified atom stereocenters. The van der Waals surface area contributed by atoms with Crippen LogP contribution in [-0.4, -0.2) is 51.4 Å². The van der Waals surface area contributed by atoms with Crippen molar-refractivity contribution in [2.75, 3.05) is 32.1 Å². The van der Waals surface area contributed by atoms with Crippen LogP contribution < -0.4 is 10.1 Å². The van der Waals surface area contributed by atoms with Gasteiger partial charge in [-0.05, 0) is 67.6 Å². The lowest BCUT2D eigenvalue weighted by Crippen LogP contribution is -2.43. The second kappa shape index (κ2) is 11.0. The molecule has 0 aromatic heterocycles. The Kier molecular flexibility index (Phi) is 8.33. The number of benzene rings is 2. The zero-order valence-electron chi connectivity index (χ0n) is 20.0. The molecule has 0 bridgehead atoms. The lowest BCUT2D eigenvalue weighted by atomic mass is 9.98. The summed E-state index contributed by atoms with van der Waals surface area (Å²) in [6.45, 7) is 6.44. The second-order valence-corrected chi connectivity index (χ2v) is 10.5. The van der Waals surface area contributed by atoms with Crippen molar-refractivity contribution in [1.29, 1.82) is 0 Å². The second-order valence-electron chi connectivity index (χ2n) is 8.55. The number of ether oxygens (including phenoxy) is 2. The Labute approximate surface area is 201 Å². The number of esters is 1. The van der Waals surface area contributed by atoms with Gasteiger partial charge in [-0.25, -0.2) is 13.2 Å². The van der Waals surface area contributed by atoms with E-state index in [1.807, 2.05) is 19.9 Å². The van der Waals surface area contributed by atoms with Gasteiger partial charge < -0.3 is 14.8 Å². The van der Waals surface area contributed by atoms with Gasteiger partial charge in [0.25, 0.3) is 0 Å². The molecule has 0 spiro atoms. The van der Waals surface area contributed by atoms with Crippen molar-refractivity contribution < 1.29 is 27.5 Å². The monoisotopic (exact) mass is 488 g/mol. The molecule has 1 aliphatic rings. The molecule has 1 aliphatic heterocycles. The van der Waals surface area contributed by atoms with Gasteiger partial charge in [-0.2, -0.15) is 4.31 Å². The number of carbonyl (C=O) groups is 2. The fraction of sp³-hybridized carbons (Fsp3) is 0.440. The first-order valence-electron chi connectivity index (χ1n) is 11.4. The average molecular weight is 489 g/mol. The van der Waals surface area contributed by atoms with Crippen LogP contribution in [-0.2, 0) is 19.6 Å². The van der Waals surface area contributed by atoms with Gasteiger partial charge in [-0.15, -0.1) is 0 Å². The van der Waals surface area contributed by atoms with Crippen molar-refractivity contribution >= 4 is 27.6 Å². The van der Waals surface area contributed by atoms with Crippen LogP contribution in [0.25, 0.3) is 0 Å². The highest BCUT2D eigenvalue weighted by Gasteiger charge is 2.35. The minimum absolute atomic E-state index is 0.0874. The number of amides is 1. The van der Waals surface area contributed by atoms with Gasteiger partial charge in [0.2, 0.25) is 15.9 Å². The Balaban J connectivity index is 1.74. The molecular formula is C25H32N2O6S. The highest BCUT2D eigenvalue weighted by Crippen LogP contribution is 2.32. The molecule has 8 nitrogen and oxygen atoms in total. The Bertz CT molecular complexity index is 1130. The third kappa shape index (κ3) is 5.77. The van der Waals surface area contributed by atoms with Crippen LogP contribution in [0.4, 0.5) is 5.69 Å². The fourth-order valence-electron chi connectivity index (χ4n) is 3.92. The number of rotatable bonds is 8. The number of nitrogens with zero attached hydrogens (tertiary/aromatic N) is 1. The first-order chi connectivity index (χ1) is 16.2. The summed E-state index contributed by atoms with van der Waals surface area (Å²) >= 11 is 0. The maximum atomic E-state index is 13.5. The molecule has 1 amide bonds. The van der Waals surface area contributed by atoms with Gasteiger partial charge in [-0.1, -0.05) is 19.9 Å². The predicted octanol–water partition coefficient (Wildman–Crippen LogP) is 4.03. The van der Waals surface area contributed by atoms with E-state index in [0.717, 1.165) is 5.56 Å². The first kappa shape index (κ1) is 25.7. The Morgan fingerprint density at radius 3 is 2.47 bits per heavy atom. The number of piperidine rings is 1. The fourth-order valence-corrected chi connectivity index (χ4v) is 5.63. The summed E-state index contributed by atoms with van der Waals surface area (Å²) in [7, 11) is -2.40. The van der Waals surface area contributed by atoms with E-state index >= 15 is 0 Å². The number of carbonyl (C=O) groups excluding carboxylic acids is 2. The maximum absolute atomic E-state index is 13.5. The molecule has 1 heterocycles. The Morgan fingerprint density at radius 1 is 1.15 bits per heavy atom. The van der Waals surface area contributed by atoms with Crippen LogP contribution in [0.3, 0.4) is 0 Å². The molecule has 1 atom stereocenters. The summed E-state index contributed by atoms with van der Waals surface area (Å²) in [5, 5.41) is 2.83. The number of sulfonamides is 1. The molecule has 0 aliphatic carbocycles. The number of anilines is 1. The van der Waals surface area contributed by atoms with Gasteiger partial charge in [0.15, 0.2) is 0 Å². The lowest BCUT2D eigenvalue weighted by molar-refractivity contribution is -0.120. The molecule has 2 aromatic rings. The van der Waals surface area contributed by atoms with Crippen molar-refractivity contribution in [3.8, 4) is 5.75 Å².